The summed E-state index contributed by atoms with van der Waals surface area (Å²) < 4.78 is 17.3. The highest BCUT2D eigenvalue weighted by Gasteiger charge is 2.32. The van der Waals surface area contributed by atoms with E-state index in [2.05, 4.69) is 0 Å². The Kier molecular flexibility index (Phi) is 6.42. The molecule has 0 aromatic rings. The molecule has 112 valence electrons. The zero-order chi connectivity index (χ0) is 15.1. The van der Waals surface area contributed by atoms with Gasteiger partial charge < -0.3 is 9.64 Å². The molecule has 1 heterocycles. The predicted octanol–water partition coefficient (Wildman–Crippen LogP) is 2.40. The molecule has 1 aliphatic heterocycles. The minimum atomic E-state index is -0.540. The summed E-state index contributed by atoms with van der Waals surface area (Å²) in [6.45, 7) is 3.42. The molecule has 0 radical (unpaired) electrons. The first-order chi connectivity index (χ1) is 9.54. The Bertz CT molecular complexity index is 429. The Morgan fingerprint density at radius 1 is 1.45 bits per heavy atom. The summed E-state index contributed by atoms with van der Waals surface area (Å²) in [5.74, 6) is -0.454. The smallest absolute Gasteiger partial charge is 0.307 e. The van der Waals surface area contributed by atoms with E-state index in [4.69, 9.17) is 4.74 Å². The van der Waals surface area contributed by atoms with Gasteiger partial charge in [0.15, 0.2) is 0 Å². The minimum Gasteiger partial charge on any atom is -0.469 e. The number of allylic oxidation sites excluding steroid dienone is 2. The zero-order valence-electron chi connectivity index (χ0n) is 12.3. The van der Waals surface area contributed by atoms with Gasteiger partial charge in [0, 0.05) is 13.5 Å². The van der Waals surface area contributed by atoms with Crippen LogP contribution < -0.4 is 0 Å². The minimum absolute atomic E-state index is 0.0831. The van der Waals surface area contributed by atoms with Crippen LogP contribution in [0.15, 0.2) is 23.3 Å². The van der Waals surface area contributed by atoms with Crippen molar-refractivity contribution in [3.63, 3.8) is 0 Å². The molecule has 0 aromatic heterocycles. The van der Waals surface area contributed by atoms with E-state index in [1.807, 2.05) is 13.0 Å². The third-order valence-corrected chi connectivity index (χ3v) is 3.47. The molecule has 4 nitrogen and oxygen atoms in total. The SMILES string of the molecule is CC/C=C1\C(=C/CF)CCN(C(C)=O)C1CC(=O)OC. The molecular weight excluding hydrogens is 261 g/mol. The van der Waals surface area contributed by atoms with Crippen molar-refractivity contribution in [2.24, 2.45) is 0 Å². The summed E-state index contributed by atoms with van der Waals surface area (Å²) in [6, 6.07) is -0.355. The summed E-state index contributed by atoms with van der Waals surface area (Å²) in [4.78, 5) is 25.0. The molecule has 0 bridgehead atoms. The first-order valence-electron chi connectivity index (χ1n) is 6.84. The maximum Gasteiger partial charge on any atom is 0.307 e. The number of carbonyl (C=O) groups is 2. The Morgan fingerprint density at radius 2 is 2.15 bits per heavy atom. The Hall–Kier alpha value is -1.65. The molecule has 0 aliphatic carbocycles. The molecule has 1 fully saturated rings. The second kappa shape index (κ2) is 7.82. The number of nitrogens with zero attached hydrogens (tertiary/aromatic N) is 1. The van der Waals surface area contributed by atoms with Crippen molar-refractivity contribution in [3.05, 3.63) is 23.3 Å². The lowest BCUT2D eigenvalue weighted by Crippen LogP contribution is -2.46. The van der Waals surface area contributed by atoms with Gasteiger partial charge in [-0.05, 0) is 24.0 Å². The molecule has 0 aromatic carbocycles. The number of amides is 1. The number of rotatable bonds is 4. The maximum absolute atomic E-state index is 12.6. The van der Waals surface area contributed by atoms with Gasteiger partial charge in [-0.1, -0.05) is 19.1 Å². The fourth-order valence-corrected chi connectivity index (χ4v) is 2.56. The Balaban J connectivity index is 3.13. The van der Waals surface area contributed by atoms with E-state index in [1.165, 1.54) is 20.1 Å². The third-order valence-electron chi connectivity index (χ3n) is 3.47. The monoisotopic (exact) mass is 283 g/mol. The van der Waals surface area contributed by atoms with Gasteiger partial charge in [-0.15, -0.1) is 0 Å². The highest BCUT2D eigenvalue weighted by Crippen LogP contribution is 2.31. The molecule has 0 saturated carbocycles. The highest BCUT2D eigenvalue weighted by molar-refractivity contribution is 5.77. The molecule has 1 rings (SSSR count). The van der Waals surface area contributed by atoms with Gasteiger partial charge in [0.1, 0.15) is 6.67 Å². The molecular formula is C15H22FNO3. The number of alkyl halides is 1. The van der Waals surface area contributed by atoms with Gasteiger partial charge in [-0.3, -0.25) is 9.59 Å². The molecule has 1 saturated heterocycles. The van der Waals surface area contributed by atoms with Crippen LogP contribution in [0.2, 0.25) is 0 Å². The van der Waals surface area contributed by atoms with Crippen LogP contribution in [0, 0.1) is 0 Å². The second-order valence-electron chi connectivity index (χ2n) is 4.71. The first kappa shape index (κ1) is 16.4. The quantitative estimate of drug-likeness (QED) is 0.744. The lowest BCUT2D eigenvalue weighted by Gasteiger charge is -2.38. The number of piperidine rings is 1. The van der Waals surface area contributed by atoms with Gasteiger partial charge in [0.2, 0.25) is 5.91 Å². The fraction of sp³-hybridized carbons (Fsp3) is 0.600. The number of methoxy groups -OCH3 is 1. The van der Waals surface area contributed by atoms with Crippen molar-refractivity contribution in [1.29, 1.82) is 0 Å². The summed E-state index contributed by atoms with van der Waals surface area (Å²) in [5.41, 5.74) is 1.76. The molecule has 20 heavy (non-hydrogen) atoms. The van der Waals surface area contributed by atoms with Crippen molar-refractivity contribution in [3.8, 4) is 0 Å². The second-order valence-corrected chi connectivity index (χ2v) is 4.71. The highest BCUT2D eigenvalue weighted by atomic mass is 19.1. The molecule has 1 aliphatic rings. The lowest BCUT2D eigenvalue weighted by molar-refractivity contribution is -0.143. The van der Waals surface area contributed by atoms with Crippen LogP contribution in [0.1, 0.15) is 33.1 Å². The van der Waals surface area contributed by atoms with Crippen LogP contribution in [0.25, 0.3) is 0 Å². The Labute approximate surface area is 119 Å². The van der Waals surface area contributed by atoms with Crippen LogP contribution in [0.3, 0.4) is 0 Å². The van der Waals surface area contributed by atoms with Crippen LogP contribution >= 0.6 is 0 Å². The normalized spacial score (nSPS) is 23.2. The van der Waals surface area contributed by atoms with Crippen LogP contribution in [-0.4, -0.2) is 43.1 Å². The topological polar surface area (TPSA) is 46.6 Å². The number of hydrogen-bond donors (Lipinski definition) is 0. The standard InChI is InChI=1S/C15H22FNO3/c1-4-5-13-12(6-8-16)7-9-17(11(2)18)14(13)10-15(19)20-3/h5-6,14H,4,7-10H2,1-3H3/b12-6-,13-5+. The van der Waals surface area contributed by atoms with Crippen LogP contribution in [-0.2, 0) is 14.3 Å². The summed E-state index contributed by atoms with van der Waals surface area (Å²) in [5, 5.41) is 0. The van der Waals surface area contributed by atoms with E-state index >= 15 is 0 Å². The van der Waals surface area contributed by atoms with E-state index in [1.54, 1.807) is 4.90 Å². The van der Waals surface area contributed by atoms with Gasteiger partial charge >= 0.3 is 5.97 Å². The molecule has 1 unspecified atom stereocenters. The molecule has 0 spiro atoms. The van der Waals surface area contributed by atoms with E-state index in [0.717, 1.165) is 17.6 Å². The van der Waals surface area contributed by atoms with Crippen molar-refractivity contribution >= 4 is 11.9 Å². The van der Waals surface area contributed by atoms with Gasteiger partial charge in [-0.25, -0.2) is 4.39 Å². The lowest BCUT2D eigenvalue weighted by atomic mass is 9.87. The molecule has 5 heteroatoms. The number of halogens is 1. The summed E-state index contributed by atoms with van der Waals surface area (Å²) in [6.07, 6.45) is 4.98. The number of ether oxygens (including phenoxy) is 1. The van der Waals surface area contributed by atoms with Crippen molar-refractivity contribution in [2.75, 3.05) is 20.3 Å². The fourth-order valence-electron chi connectivity index (χ4n) is 2.56. The van der Waals surface area contributed by atoms with E-state index in [9.17, 15) is 14.0 Å². The van der Waals surface area contributed by atoms with Crippen molar-refractivity contribution in [2.45, 2.75) is 39.2 Å². The Morgan fingerprint density at radius 3 is 2.65 bits per heavy atom. The van der Waals surface area contributed by atoms with Gasteiger partial charge in [0.05, 0.1) is 19.6 Å². The predicted molar refractivity (Wildman–Crippen MR) is 74.9 cm³/mol. The molecule has 0 N–H and O–H groups in total. The van der Waals surface area contributed by atoms with Gasteiger partial charge in [-0.2, -0.15) is 0 Å². The van der Waals surface area contributed by atoms with E-state index in [-0.39, 0.29) is 24.3 Å². The van der Waals surface area contributed by atoms with Crippen molar-refractivity contribution in [1.82, 2.24) is 4.90 Å². The summed E-state index contributed by atoms with van der Waals surface area (Å²) >= 11 is 0. The molecule has 1 atom stereocenters. The number of likely N-dealkylation sites (tertiary alicyclic amines) is 1. The largest absolute Gasteiger partial charge is 0.469 e. The van der Waals surface area contributed by atoms with Crippen LogP contribution in [0.4, 0.5) is 4.39 Å². The van der Waals surface area contributed by atoms with E-state index < -0.39 is 6.67 Å². The zero-order valence-corrected chi connectivity index (χ0v) is 12.3. The van der Waals surface area contributed by atoms with Gasteiger partial charge in [0.25, 0.3) is 0 Å². The van der Waals surface area contributed by atoms with Crippen LogP contribution in [0.5, 0.6) is 0 Å². The number of carbonyl (C=O) groups excluding carboxylic acids is 2. The molecule has 1 amide bonds. The first-order valence-corrected chi connectivity index (χ1v) is 6.84. The number of hydrogen-bond acceptors (Lipinski definition) is 3. The number of esters is 1. The maximum atomic E-state index is 12.6. The average molecular weight is 283 g/mol. The third kappa shape index (κ3) is 3.92. The van der Waals surface area contributed by atoms with Crippen molar-refractivity contribution < 1.29 is 18.7 Å². The van der Waals surface area contributed by atoms with E-state index in [0.29, 0.717) is 13.0 Å². The summed E-state index contributed by atoms with van der Waals surface area (Å²) in [7, 11) is 1.32. The average Bonchev–Trinajstić information content (AvgIpc) is 2.42.